The Bertz CT molecular complexity index is 1080. The number of carbonyl (C=O) groups is 2. The molecule has 0 spiro atoms. The number of rotatable bonds is 6. The van der Waals surface area contributed by atoms with Crippen LogP contribution in [0.1, 0.15) is 64.1 Å². The molecule has 2 aromatic heterocycles. The van der Waals surface area contributed by atoms with E-state index in [1.165, 1.54) is 28.0 Å². The van der Waals surface area contributed by atoms with Crippen molar-refractivity contribution in [1.29, 1.82) is 0 Å². The van der Waals surface area contributed by atoms with E-state index >= 15 is 0 Å². The Balaban J connectivity index is 1.56. The van der Waals surface area contributed by atoms with Crippen molar-refractivity contribution in [2.24, 2.45) is 11.3 Å². The number of thiophene rings is 1. The van der Waals surface area contributed by atoms with Gasteiger partial charge in [-0.25, -0.2) is 0 Å². The van der Waals surface area contributed by atoms with Crippen LogP contribution in [0.2, 0.25) is 0 Å². The van der Waals surface area contributed by atoms with E-state index in [1.54, 1.807) is 12.1 Å². The fourth-order valence-corrected chi connectivity index (χ4v) is 5.60. The minimum absolute atomic E-state index is 0.123. The first kappa shape index (κ1) is 22.3. The molecule has 6 heteroatoms. The minimum Gasteiger partial charge on any atom is -0.459 e. The molecule has 0 saturated carbocycles. The maximum atomic E-state index is 13.3. The first-order valence-corrected chi connectivity index (χ1v) is 12.0. The number of furan rings is 1. The average molecular weight is 451 g/mol. The number of anilines is 1. The molecule has 1 aromatic carbocycles. The largest absolute Gasteiger partial charge is 0.459 e. The smallest absolute Gasteiger partial charge is 0.291 e. The molecule has 0 bridgehead atoms. The van der Waals surface area contributed by atoms with Crippen molar-refractivity contribution in [3.05, 3.63) is 76.1 Å². The Hall–Kier alpha value is -2.86. The standard InChI is InChI=1S/C26H30N2O3S/c1-26(2,3)18-11-12-19-21(16-18)32-25(28-23(29)20-10-7-15-31-20)22(19)24(30)27-14-13-17-8-5-4-6-9-17/h4-10,15,18H,11-14,16H2,1-3H3,(H,27,30)(H,28,29)/t18-/m0/s1. The van der Waals surface area contributed by atoms with Crippen LogP contribution in [0.4, 0.5) is 5.00 Å². The number of carbonyl (C=O) groups excluding carboxylic acids is 2. The monoisotopic (exact) mass is 450 g/mol. The average Bonchev–Trinajstić information content (AvgIpc) is 3.41. The third-order valence-corrected chi connectivity index (χ3v) is 7.40. The molecule has 2 amide bonds. The predicted molar refractivity (Wildman–Crippen MR) is 128 cm³/mol. The molecule has 2 heterocycles. The van der Waals surface area contributed by atoms with Crippen LogP contribution in [-0.2, 0) is 19.3 Å². The van der Waals surface area contributed by atoms with E-state index in [0.717, 1.165) is 31.2 Å². The maximum Gasteiger partial charge on any atom is 0.291 e. The quantitative estimate of drug-likeness (QED) is 0.505. The predicted octanol–water partition coefficient (Wildman–Crippen LogP) is 5.72. The summed E-state index contributed by atoms with van der Waals surface area (Å²) in [6.45, 7) is 7.36. The second kappa shape index (κ2) is 9.33. The van der Waals surface area contributed by atoms with Gasteiger partial charge < -0.3 is 15.1 Å². The van der Waals surface area contributed by atoms with Crippen molar-refractivity contribution in [1.82, 2.24) is 5.32 Å². The Kier molecular flexibility index (Phi) is 6.51. The minimum atomic E-state index is -0.334. The molecule has 1 aliphatic rings. The summed E-state index contributed by atoms with van der Waals surface area (Å²) in [5, 5.41) is 6.62. The Morgan fingerprint density at radius 3 is 2.56 bits per heavy atom. The molecule has 5 nitrogen and oxygen atoms in total. The molecule has 0 radical (unpaired) electrons. The number of benzene rings is 1. The highest BCUT2D eigenvalue weighted by Gasteiger charge is 2.34. The number of fused-ring (bicyclic) bond motifs is 1. The third kappa shape index (κ3) is 4.96. The number of nitrogens with one attached hydrogen (secondary N) is 2. The van der Waals surface area contributed by atoms with Gasteiger partial charge in [0.15, 0.2) is 5.76 Å². The van der Waals surface area contributed by atoms with Crippen LogP contribution in [0.3, 0.4) is 0 Å². The molecule has 0 fully saturated rings. The zero-order valence-electron chi connectivity index (χ0n) is 18.9. The van der Waals surface area contributed by atoms with Crippen molar-refractivity contribution < 1.29 is 14.0 Å². The van der Waals surface area contributed by atoms with Crippen LogP contribution in [0.15, 0.2) is 53.1 Å². The van der Waals surface area contributed by atoms with Crippen LogP contribution in [0, 0.1) is 11.3 Å². The Morgan fingerprint density at radius 1 is 1.09 bits per heavy atom. The summed E-state index contributed by atoms with van der Waals surface area (Å²) < 4.78 is 5.24. The van der Waals surface area contributed by atoms with Crippen molar-refractivity contribution in [3.63, 3.8) is 0 Å². The van der Waals surface area contributed by atoms with E-state index in [4.69, 9.17) is 4.42 Å². The summed E-state index contributed by atoms with van der Waals surface area (Å²) in [6.07, 6.45) is 5.07. The van der Waals surface area contributed by atoms with Gasteiger partial charge in [0.25, 0.3) is 11.8 Å². The summed E-state index contributed by atoms with van der Waals surface area (Å²) in [5.74, 6) is 0.331. The van der Waals surface area contributed by atoms with E-state index in [0.29, 0.717) is 23.0 Å². The molecule has 0 unspecified atom stereocenters. The fourth-order valence-electron chi connectivity index (χ4n) is 4.28. The van der Waals surface area contributed by atoms with Gasteiger partial charge in [0.2, 0.25) is 0 Å². The van der Waals surface area contributed by atoms with Gasteiger partial charge in [0.1, 0.15) is 5.00 Å². The Morgan fingerprint density at radius 2 is 1.88 bits per heavy atom. The van der Waals surface area contributed by atoms with Gasteiger partial charge >= 0.3 is 0 Å². The van der Waals surface area contributed by atoms with Gasteiger partial charge in [-0.3, -0.25) is 9.59 Å². The summed E-state index contributed by atoms with van der Waals surface area (Å²) in [5.41, 5.74) is 3.09. The second-order valence-electron chi connectivity index (χ2n) is 9.44. The summed E-state index contributed by atoms with van der Waals surface area (Å²) in [4.78, 5) is 27.1. The zero-order chi connectivity index (χ0) is 22.7. The van der Waals surface area contributed by atoms with E-state index in [-0.39, 0.29) is 23.0 Å². The number of hydrogen-bond acceptors (Lipinski definition) is 4. The molecular formula is C26H30N2O3S. The molecular weight excluding hydrogens is 420 g/mol. The van der Waals surface area contributed by atoms with Crippen molar-refractivity contribution in [2.45, 2.75) is 46.5 Å². The zero-order valence-corrected chi connectivity index (χ0v) is 19.7. The molecule has 1 atom stereocenters. The van der Waals surface area contributed by atoms with Crippen LogP contribution in [0.25, 0.3) is 0 Å². The summed E-state index contributed by atoms with van der Waals surface area (Å²) in [6, 6.07) is 13.4. The highest BCUT2D eigenvalue weighted by molar-refractivity contribution is 7.17. The Labute approximate surface area is 193 Å². The van der Waals surface area contributed by atoms with Gasteiger partial charge in [-0.05, 0) is 60.3 Å². The number of hydrogen-bond donors (Lipinski definition) is 2. The lowest BCUT2D eigenvalue weighted by Crippen LogP contribution is -2.29. The normalized spacial score (nSPS) is 15.8. The molecule has 0 saturated heterocycles. The lowest BCUT2D eigenvalue weighted by Gasteiger charge is -2.33. The molecule has 168 valence electrons. The fraction of sp³-hybridized carbons (Fsp3) is 0.385. The van der Waals surface area contributed by atoms with Crippen LogP contribution >= 0.6 is 11.3 Å². The van der Waals surface area contributed by atoms with Crippen LogP contribution < -0.4 is 10.6 Å². The lowest BCUT2D eigenvalue weighted by molar-refractivity contribution is 0.0954. The SMILES string of the molecule is CC(C)(C)[C@H]1CCc2c(sc(NC(=O)c3ccco3)c2C(=O)NCCc2ccccc2)C1. The van der Waals surface area contributed by atoms with Gasteiger partial charge in [-0.1, -0.05) is 51.1 Å². The van der Waals surface area contributed by atoms with Crippen molar-refractivity contribution in [2.75, 3.05) is 11.9 Å². The summed E-state index contributed by atoms with van der Waals surface area (Å²) in [7, 11) is 0. The van der Waals surface area contributed by atoms with Crippen LogP contribution in [-0.4, -0.2) is 18.4 Å². The van der Waals surface area contributed by atoms with Gasteiger partial charge in [-0.15, -0.1) is 11.3 Å². The number of amides is 2. The lowest BCUT2D eigenvalue weighted by atomic mass is 9.72. The van der Waals surface area contributed by atoms with Crippen LogP contribution in [0.5, 0.6) is 0 Å². The molecule has 0 aliphatic heterocycles. The van der Waals surface area contributed by atoms with Crippen molar-refractivity contribution in [3.8, 4) is 0 Å². The molecule has 32 heavy (non-hydrogen) atoms. The second-order valence-corrected chi connectivity index (χ2v) is 10.5. The van der Waals surface area contributed by atoms with Gasteiger partial charge in [0.05, 0.1) is 11.8 Å². The molecule has 4 rings (SSSR count). The summed E-state index contributed by atoms with van der Waals surface area (Å²) >= 11 is 1.53. The van der Waals surface area contributed by atoms with Gasteiger partial charge in [0, 0.05) is 11.4 Å². The topological polar surface area (TPSA) is 71.3 Å². The third-order valence-electron chi connectivity index (χ3n) is 6.23. The van der Waals surface area contributed by atoms with Crippen molar-refractivity contribution >= 4 is 28.2 Å². The first-order chi connectivity index (χ1) is 15.3. The highest BCUT2D eigenvalue weighted by Crippen LogP contribution is 2.44. The van der Waals surface area contributed by atoms with E-state index < -0.39 is 0 Å². The molecule has 3 aromatic rings. The van der Waals surface area contributed by atoms with E-state index in [2.05, 4.69) is 43.5 Å². The van der Waals surface area contributed by atoms with E-state index in [9.17, 15) is 9.59 Å². The van der Waals surface area contributed by atoms with E-state index in [1.807, 2.05) is 18.2 Å². The highest BCUT2D eigenvalue weighted by atomic mass is 32.1. The van der Waals surface area contributed by atoms with Gasteiger partial charge in [-0.2, -0.15) is 0 Å². The molecule has 2 N–H and O–H groups in total. The first-order valence-electron chi connectivity index (χ1n) is 11.1. The maximum absolute atomic E-state index is 13.3. The molecule has 1 aliphatic carbocycles.